The number of hydrogen-bond acceptors (Lipinski definition) is 0. The van der Waals surface area contributed by atoms with Crippen LogP contribution in [0.4, 0.5) is 0 Å². The zero-order valence-electron chi connectivity index (χ0n) is 14.0. The Kier molecular flexibility index (Phi) is 6.14. The van der Waals surface area contributed by atoms with Gasteiger partial charge in [-0.1, -0.05) is 0 Å². The first-order valence-corrected chi connectivity index (χ1v) is 27.7. The van der Waals surface area contributed by atoms with E-state index in [0.717, 1.165) is 8.26 Å². The molecular weight excluding hydrogens is 564 g/mol. The van der Waals surface area contributed by atoms with E-state index < -0.39 is 35.8 Å². The van der Waals surface area contributed by atoms with E-state index in [1.54, 1.807) is 0 Å². The average Bonchev–Trinajstić information content (AvgIpc) is 3.25. The molecule has 6 heteroatoms. The molecule has 2 aliphatic carbocycles. The minimum atomic E-state index is -3.40. The van der Waals surface area contributed by atoms with Crippen LogP contribution in [0, 0.1) is 0 Å². The first-order valence-electron chi connectivity index (χ1n) is 8.68. The fraction of sp³-hybridized carbons (Fsp3) is 0.200. The predicted molar refractivity (Wildman–Crippen MR) is 109 cm³/mol. The van der Waals surface area contributed by atoms with E-state index in [1.165, 1.54) is 22.3 Å². The molecule has 0 radical (unpaired) electrons. The van der Waals surface area contributed by atoms with Crippen LogP contribution in [0.1, 0.15) is 29.5 Å². The second-order valence-electron chi connectivity index (χ2n) is 6.95. The van der Waals surface area contributed by atoms with Gasteiger partial charge < -0.3 is 0 Å². The number of rotatable bonds is 5. The topological polar surface area (TPSA) is 0 Å². The summed E-state index contributed by atoms with van der Waals surface area (Å²) in [7, 11) is 28.0. The average molecular weight is 583 g/mol. The van der Waals surface area contributed by atoms with Crippen molar-refractivity contribution in [2.24, 2.45) is 0 Å². The normalized spacial score (nSPS) is 21.1. The summed E-state index contributed by atoms with van der Waals surface area (Å²) >= 11 is -6.80. The van der Waals surface area contributed by atoms with Gasteiger partial charge >= 0.3 is 180 Å². The van der Waals surface area contributed by atoms with E-state index in [2.05, 4.69) is 60.7 Å². The van der Waals surface area contributed by atoms with E-state index >= 15 is 0 Å². The van der Waals surface area contributed by atoms with Gasteiger partial charge in [0.25, 0.3) is 0 Å². The molecule has 0 spiro atoms. The van der Waals surface area contributed by atoms with Crippen LogP contribution in [0.2, 0.25) is 8.26 Å². The van der Waals surface area contributed by atoms with Crippen LogP contribution in [0.15, 0.2) is 60.7 Å². The molecule has 2 unspecified atom stereocenters. The number of fused-ring (bicyclic) bond motifs is 2. The van der Waals surface area contributed by atoms with Crippen molar-refractivity contribution in [3.8, 4) is 0 Å². The first-order chi connectivity index (χ1) is 12.4. The second kappa shape index (κ2) is 7.93. The van der Waals surface area contributed by atoms with Gasteiger partial charge in [0.05, 0.1) is 0 Å². The molecule has 0 fully saturated rings. The summed E-state index contributed by atoms with van der Waals surface area (Å²) in [6, 6.07) is 16.7. The monoisotopic (exact) mass is 578 g/mol. The van der Waals surface area contributed by atoms with Crippen LogP contribution in [0.5, 0.6) is 0 Å². The first kappa shape index (κ1) is 20.1. The van der Waals surface area contributed by atoms with Gasteiger partial charge in [-0.2, -0.15) is 0 Å². The second-order valence-corrected chi connectivity index (χ2v) is 38.2. The molecule has 4 rings (SSSR count). The summed E-state index contributed by atoms with van der Waals surface area (Å²) in [5.41, 5.74) is 5.01. The Morgan fingerprint density at radius 2 is 1.00 bits per heavy atom. The number of benzene rings is 2. The SMILES string of the molecule is [Cl][Zr]([Cl])([CH2][CH2][Zr]([Cl])([Cl])[CH]1C=Cc2ccccc21)[CH]1C=Cc2ccccc21. The van der Waals surface area contributed by atoms with E-state index in [4.69, 9.17) is 34.1 Å². The molecule has 26 heavy (non-hydrogen) atoms. The van der Waals surface area contributed by atoms with Crippen molar-refractivity contribution >= 4 is 46.2 Å². The van der Waals surface area contributed by atoms with Crippen LogP contribution < -0.4 is 0 Å². The molecule has 0 N–H and O–H groups in total. The molecule has 2 aliphatic rings. The zero-order valence-corrected chi connectivity index (χ0v) is 21.9. The van der Waals surface area contributed by atoms with Crippen LogP contribution in [-0.2, 0) is 35.8 Å². The maximum absolute atomic E-state index is 7.01. The van der Waals surface area contributed by atoms with Gasteiger partial charge in [-0.3, -0.25) is 0 Å². The van der Waals surface area contributed by atoms with Gasteiger partial charge in [0.15, 0.2) is 0 Å². The maximum atomic E-state index is 7.01. The van der Waals surface area contributed by atoms with Crippen molar-refractivity contribution in [1.29, 1.82) is 0 Å². The molecule has 0 saturated heterocycles. The zero-order chi connectivity index (χ0) is 18.4. The van der Waals surface area contributed by atoms with Crippen LogP contribution in [-0.4, -0.2) is 0 Å². The molecule has 2 aromatic carbocycles. The van der Waals surface area contributed by atoms with Crippen molar-refractivity contribution in [3.05, 3.63) is 82.9 Å². The Morgan fingerprint density at radius 1 is 0.615 bits per heavy atom. The molecule has 0 nitrogen and oxygen atoms in total. The quantitative estimate of drug-likeness (QED) is 0.333. The van der Waals surface area contributed by atoms with Gasteiger partial charge in [-0.15, -0.1) is 0 Å². The molecule has 0 aliphatic heterocycles. The van der Waals surface area contributed by atoms with Crippen LogP contribution in [0.25, 0.3) is 12.2 Å². The van der Waals surface area contributed by atoms with E-state index in [9.17, 15) is 0 Å². The summed E-state index contributed by atoms with van der Waals surface area (Å²) in [6.07, 6.45) is 8.66. The Bertz CT molecular complexity index is 815. The number of hydrogen-bond donors (Lipinski definition) is 0. The van der Waals surface area contributed by atoms with Crippen LogP contribution >= 0.6 is 34.1 Å². The third-order valence-corrected chi connectivity index (χ3v) is 29.8. The van der Waals surface area contributed by atoms with Gasteiger partial charge in [0, 0.05) is 0 Å². The third kappa shape index (κ3) is 3.94. The fourth-order valence-corrected chi connectivity index (χ4v) is 39.9. The van der Waals surface area contributed by atoms with Crippen molar-refractivity contribution < 1.29 is 35.8 Å². The van der Waals surface area contributed by atoms with Crippen molar-refractivity contribution in [2.75, 3.05) is 0 Å². The van der Waals surface area contributed by atoms with E-state index in [-0.39, 0.29) is 7.25 Å². The van der Waals surface area contributed by atoms with Crippen molar-refractivity contribution in [2.45, 2.75) is 15.5 Å². The van der Waals surface area contributed by atoms with E-state index in [1.807, 2.05) is 12.1 Å². The van der Waals surface area contributed by atoms with Crippen LogP contribution in [0.3, 0.4) is 0 Å². The number of halogens is 4. The predicted octanol–water partition coefficient (Wildman–Crippen LogP) is 8.28. The fourth-order valence-electron chi connectivity index (χ4n) is 3.88. The Hall–Kier alpha value is 0.846. The molecular formula is C20H18Cl4Zr2. The van der Waals surface area contributed by atoms with E-state index in [0.29, 0.717) is 0 Å². The molecule has 0 aromatic heterocycles. The Morgan fingerprint density at radius 3 is 1.42 bits per heavy atom. The Balaban J connectivity index is 1.50. The summed E-state index contributed by atoms with van der Waals surface area (Å²) < 4.78 is 1.98. The molecule has 0 heterocycles. The Labute approximate surface area is 178 Å². The third-order valence-electron chi connectivity index (χ3n) is 5.30. The van der Waals surface area contributed by atoms with Gasteiger partial charge in [-0.05, 0) is 0 Å². The summed E-state index contributed by atoms with van der Waals surface area (Å²) in [4.78, 5) is 0. The van der Waals surface area contributed by atoms with Crippen molar-refractivity contribution in [1.82, 2.24) is 0 Å². The molecule has 0 amide bonds. The molecule has 0 saturated carbocycles. The molecule has 2 aromatic rings. The molecule has 134 valence electrons. The minimum absolute atomic E-state index is 0.186. The van der Waals surface area contributed by atoms with Crippen molar-refractivity contribution in [3.63, 3.8) is 0 Å². The van der Waals surface area contributed by atoms with Gasteiger partial charge in [0.2, 0.25) is 0 Å². The summed E-state index contributed by atoms with van der Waals surface area (Å²) in [6.45, 7) is 0. The molecule has 2 atom stereocenters. The number of allylic oxidation sites excluding steroid dienone is 2. The summed E-state index contributed by atoms with van der Waals surface area (Å²) in [5.74, 6) is 0. The van der Waals surface area contributed by atoms with Gasteiger partial charge in [-0.25, -0.2) is 0 Å². The summed E-state index contributed by atoms with van der Waals surface area (Å²) in [5, 5.41) is 0. The van der Waals surface area contributed by atoms with Gasteiger partial charge in [0.1, 0.15) is 0 Å². The standard InChI is InChI=1S/2C9H7.C2H4.4ClH.2Zr/c2*1-2-5-9-7-3-6-8(9)4-1;1-2;;;;;;/h2*1-7H;1-2H2;4*1H;;/q;;;;;;;2*+2/p-4. The molecule has 0 bridgehead atoms.